The van der Waals surface area contributed by atoms with Crippen molar-refractivity contribution in [2.24, 2.45) is 7.05 Å². The highest BCUT2D eigenvalue weighted by atomic mass is 19.1. The predicted octanol–water partition coefficient (Wildman–Crippen LogP) is 2.94. The van der Waals surface area contributed by atoms with Gasteiger partial charge in [-0.15, -0.1) is 0 Å². The molecule has 1 aromatic carbocycles. The molecule has 2 heterocycles. The number of halogens is 1. The van der Waals surface area contributed by atoms with Crippen LogP contribution in [0.5, 0.6) is 0 Å². The Morgan fingerprint density at radius 1 is 1.21 bits per heavy atom. The van der Waals surface area contributed by atoms with Gasteiger partial charge in [-0.2, -0.15) is 5.10 Å². The van der Waals surface area contributed by atoms with Gasteiger partial charge < -0.3 is 10.6 Å². The van der Waals surface area contributed by atoms with E-state index in [1.54, 1.807) is 23.0 Å². The Balaban J connectivity index is 1.63. The molecule has 2 amide bonds. The molecule has 24 heavy (non-hydrogen) atoms. The molecule has 2 aromatic heterocycles. The van der Waals surface area contributed by atoms with E-state index in [1.165, 1.54) is 12.1 Å². The quantitative estimate of drug-likeness (QED) is 0.775. The standard InChI is InChI=1S/C17H16FN5O/c1-23-16(15-8-4-5-9-19-15)10-12(22-23)11-20-17(24)21-14-7-3-2-6-13(14)18/h2-10H,11H2,1H3,(H2,20,21,24). The molecule has 7 heteroatoms. The second-order valence-corrected chi connectivity index (χ2v) is 5.15. The first-order chi connectivity index (χ1) is 11.6. The molecule has 6 nitrogen and oxygen atoms in total. The van der Waals surface area contributed by atoms with Gasteiger partial charge in [0.2, 0.25) is 0 Å². The van der Waals surface area contributed by atoms with E-state index in [0.717, 1.165) is 11.4 Å². The van der Waals surface area contributed by atoms with Crippen molar-refractivity contribution in [2.75, 3.05) is 5.32 Å². The molecule has 0 spiro atoms. The largest absolute Gasteiger partial charge is 0.332 e. The Kier molecular flexibility index (Phi) is 4.51. The van der Waals surface area contributed by atoms with E-state index in [4.69, 9.17) is 0 Å². The van der Waals surface area contributed by atoms with E-state index < -0.39 is 11.8 Å². The summed E-state index contributed by atoms with van der Waals surface area (Å²) in [5, 5.41) is 9.46. The van der Waals surface area contributed by atoms with E-state index in [9.17, 15) is 9.18 Å². The number of rotatable bonds is 4. The molecule has 0 radical (unpaired) electrons. The number of anilines is 1. The molecule has 0 saturated carbocycles. The molecular weight excluding hydrogens is 309 g/mol. The summed E-state index contributed by atoms with van der Waals surface area (Å²) >= 11 is 0. The number of amides is 2. The molecule has 0 aliphatic heterocycles. The van der Waals surface area contributed by atoms with Gasteiger partial charge in [0.1, 0.15) is 5.82 Å². The number of para-hydroxylation sites is 1. The van der Waals surface area contributed by atoms with Crippen molar-refractivity contribution >= 4 is 11.7 Å². The topological polar surface area (TPSA) is 71.8 Å². The minimum Gasteiger partial charge on any atom is -0.332 e. The van der Waals surface area contributed by atoms with E-state index in [-0.39, 0.29) is 12.2 Å². The van der Waals surface area contributed by atoms with Gasteiger partial charge in [0.05, 0.1) is 29.3 Å². The third kappa shape index (κ3) is 3.57. The monoisotopic (exact) mass is 325 g/mol. The Morgan fingerprint density at radius 3 is 2.75 bits per heavy atom. The van der Waals surface area contributed by atoms with Gasteiger partial charge in [0.25, 0.3) is 0 Å². The lowest BCUT2D eigenvalue weighted by Crippen LogP contribution is -2.28. The van der Waals surface area contributed by atoms with E-state index in [2.05, 4.69) is 20.7 Å². The number of aryl methyl sites for hydroxylation is 1. The lowest BCUT2D eigenvalue weighted by Gasteiger charge is -2.06. The zero-order valence-electron chi connectivity index (χ0n) is 13.0. The highest BCUT2D eigenvalue weighted by molar-refractivity contribution is 5.89. The van der Waals surface area contributed by atoms with Crippen molar-refractivity contribution in [1.29, 1.82) is 0 Å². The maximum atomic E-state index is 13.5. The fourth-order valence-corrected chi connectivity index (χ4v) is 2.27. The number of nitrogens with zero attached hydrogens (tertiary/aromatic N) is 3. The third-order valence-corrected chi connectivity index (χ3v) is 3.41. The maximum absolute atomic E-state index is 13.5. The Hall–Kier alpha value is -3.22. The lowest BCUT2D eigenvalue weighted by molar-refractivity contribution is 0.251. The number of carbonyl (C=O) groups excluding carboxylic acids is 1. The van der Waals surface area contributed by atoms with Crippen molar-refractivity contribution in [3.05, 3.63) is 66.2 Å². The molecule has 0 fully saturated rings. The normalized spacial score (nSPS) is 10.4. The lowest BCUT2D eigenvalue weighted by atomic mass is 10.2. The summed E-state index contributed by atoms with van der Waals surface area (Å²) in [6.45, 7) is 0.223. The highest BCUT2D eigenvalue weighted by Gasteiger charge is 2.10. The van der Waals surface area contributed by atoms with Crippen LogP contribution in [0.25, 0.3) is 11.4 Å². The summed E-state index contributed by atoms with van der Waals surface area (Å²) in [5.74, 6) is -0.483. The van der Waals surface area contributed by atoms with Crippen LogP contribution in [0.15, 0.2) is 54.7 Å². The van der Waals surface area contributed by atoms with Crippen LogP contribution < -0.4 is 10.6 Å². The van der Waals surface area contributed by atoms with Gasteiger partial charge in [-0.1, -0.05) is 18.2 Å². The third-order valence-electron chi connectivity index (χ3n) is 3.41. The van der Waals surface area contributed by atoms with Gasteiger partial charge in [-0.3, -0.25) is 9.67 Å². The number of hydrogen-bond donors (Lipinski definition) is 2. The van der Waals surface area contributed by atoms with E-state index in [0.29, 0.717) is 5.69 Å². The average Bonchev–Trinajstić information content (AvgIpc) is 2.97. The summed E-state index contributed by atoms with van der Waals surface area (Å²) < 4.78 is 15.2. The van der Waals surface area contributed by atoms with Crippen molar-refractivity contribution in [3.63, 3.8) is 0 Å². The summed E-state index contributed by atoms with van der Waals surface area (Å²) in [7, 11) is 1.81. The molecule has 0 unspecified atom stereocenters. The molecule has 2 N–H and O–H groups in total. The van der Waals surface area contributed by atoms with Crippen molar-refractivity contribution in [2.45, 2.75) is 6.54 Å². The number of benzene rings is 1. The van der Waals surface area contributed by atoms with Crippen LogP contribution in [0.4, 0.5) is 14.9 Å². The van der Waals surface area contributed by atoms with Crippen LogP contribution in [-0.4, -0.2) is 20.8 Å². The fourth-order valence-electron chi connectivity index (χ4n) is 2.27. The Labute approximate surface area is 138 Å². The first kappa shape index (κ1) is 15.7. The number of urea groups is 1. The van der Waals surface area contributed by atoms with Crippen LogP contribution in [0.2, 0.25) is 0 Å². The van der Waals surface area contributed by atoms with Crippen LogP contribution in [0.3, 0.4) is 0 Å². The molecule has 0 aliphatic carbocycles. The highest BCUT2D eigenvalue weighted by Crippen LogP contribution is 2.17. The minimum absolute atomic E-state index is 0.130. The predicted molar refractivity (Wildman–Crippen MR) is 88.7 cm³/mol. The number of hydrogen-bond acceptors (Lipinski definition) is 3. The zero-order valence-corrected chi connectivity index (χ0v) is 13.0. The molecular formula is C17H16FN5O. The smallest absolute Gasteiger partial charge is 0.319 e. The summed E-state index contributed by atoms with van der Waals surface area (Å²) in [4.78, 5) is 16.1. The van der Waals surface area contributed by atoms with Crippen molar-refractivity contribution < 1.29 is 9.18 Å². The fraction of sp³-hybridized carbons (Fsp3) is 0.118. The van der Waals surface area contributed by atoms with Gasteiger partial charge in [0, 0.05) is 13.2 Å². The number of aromatic nitrogens is 3. The second-order valence-electron chi connectivity index (χ2n) is 5.15. The first-order valence-electron chi connectivity index (χ1n) is 7.37. The van der Waals surface area contributed by atoms with E-state index in [1.807, 2.05) is 31.3 Å². The van der Waals surface area contributed by atoms with Crippen LogP contribution >= 0.6 is 0 Å². The molecule has 0 atom stereocenters. The Bertz CT molecular complexity index is 847. The van der Waals surface area contributed by atoms with Gasteiger partial charge in [0.15, 0.2) is 0 Å². The van der Waals surface area contributed by atoms with Crippen LogP contribution in [0.1, 0.15) is 5.69 Å². The van der Waals surface area contributed by atoms with Crippen LogP contribution in [0, 0.1) is 5.82 Å². The van der Waals surface area contributed by atoms with Crippen molar-refractivity contribution in [3.8, 4) is 11.4 Å². The average molecular weight is 325 g/mol. The van der Waals surface area contributed by atoms with Gasteiger partial charge >= 0.3 is 6.03 Å². The Morgan fingerprint density at radius 2 is 2.00 bits per heavy atom. The molecule has 0 aliphatic rings. The summed E-state index contributed by atoms with van der Waals surface area (Å²) in [5.41, 5.74) is 2.46. The maximum Gasteiger partial charge on any atom is 0.319 e. The second kappa shape index (κ2) is 6.91. The molecule has 122 valence electrons. The number of nitrogens with one attached hydrogen (secondary N) is 2. The SMILES string of the molecule is Cn1nc(CNC(=O)Nc2ccccc2F)cc1-c1ccccn1. The first-order valence-corrected chi connectivity index (χ1v) is 7.37. The number of carbonyl (C=O) groups is 1. The molecule has 0 saturated heterocycles. The summed E-state index contributed by atoms with van der Waals surface area (Å²) in [6.07, 6.45) is 1.71. The van der Waals surface area contributed by atoms with Gasteiger partial charge in [-0.05, 0) is 30.3 Å². The van der Waals surface area contributed by atoms with Crippen molar-refractivity contribution in [1.82, 2.24) is 20.1 Å². The molecule has 3 aromatic rings. The van der Waals surface area contributed by atoms with E-state index >= 15 is 0 Å². The van der Waals surface area contributed by atoms with Gasteiger partial charge in [-0.25, -0.2) is 9.18 Å². The molecule has 0 bridgehead atoms. The number of pyridine rings is 1. The molecule has 3 rings (SSSR count). The summed E-state index contributed by atoms with van der Waals surface area (Å²) in [6, 6.07) is 13.0. The zero-order chi connectivity index (χ0) is 16.9. The van der Waals surface area contributed by atoms with Crippen LogP contribution in [-0.2, 0) is 13.6 Å². The minimum atomic E-state index is -0.495.